The second-order valence-corrected chi connectivity index (χ2v) is 7.13. The Balaban J connectivity index is 2.49. The Labute approximate surface area is 139 Å². The number of ether oxygens (including phenoxy) is 1. The number of hydrogen-bond acceptors (Lipinski definition) is 4. The van der Waals surface area contributed by atoms with E-state index in [1.54, 1.807) is 4.90 Å². The van der Waals surface area contributed by atoms with Crippen LogP contribution in [0.3, 0.4) is 0 Å². The molecule has 1 atom stereocenters. The van der Waals surface area contributed by atoms with Crippen LogP contribution >= 0.6 is 11.6 Å². The molecule has 0 spiro atoms. The molecule has 1 amide bonds. The lowest BCUT2D eigenvalue weighted by atomic mass is 10.1. The van der Waals surface area contributed by atoms with Gasteiger partial charge in [0.05, 0.1) is 0 Å². The highest BCUT2D eigenvalue weighted by atomic mass is 35.5. The largest absolute Gasteiger partial charge is 0.444 e. The SMILES string of the molecule is CCC(C/C(Cl)=C\NC)N1CCN(C(=O)OC(C)(C)C)CC1. The monoisotopic (exact) mass is 331 g/mol. The topological polar surface area (TPSA) is 44.8 Å². The maximum atomic E-state index is 12.1. The van der Waals surface area contributed by atoms with E-state index in [0.717, 1.165) is 31.0 Å². The summed E-state index contributed by atoms with van der Waals surface area (Å²) in [4.78, 5) is 16.3. The van der Waals surface area contributed by atoms with Gasteiger partial charge in [0, 0.05) is 56.9 Å². The summed E-state index contributed by atoms with van der Waals surface area (Å²) in [6.45, 7) is 11.0. The normalized spacial score (nSPS) is 19.0. The first-order valence-corrected chi connectivity index (χ1v) is 8.38. The van der Waals surface area contributed by atoms with Gasteiger partial charge in [-0.25, -0.2) is 4.79 Å². The Morgan fingerprint density at radius 2 is 1.91 bits per heavy atom. The Morgan fingerprint density at radius 1 is 1.32 bits per heavy atom. The molecular weight excluding hydrogens is 302 g/mol. The van der Waals surface area contributed by atoms with Crippen LogP contribution in [0, 0.1) is 0 Å². The number of carbonyl (C=O) groups excluding carboxylic acids is 1. The molecule has 1 aliphatic heterocycles. The number of amides is 1. The molecule has 6 heteroatoms. The number of carbonyl (C=O) groups is 1. The zero-order valence-corrected chi connectivity index (χ0v) is 15.2. The third kappa shape index (κ3) is 6.44. The molecule has 1 saturated heterocycles. The summed E-state index contributed by atoms with van der Waals surface area (Å²) in [7, 11) is 1.85. The predicted molar refractivity (Wildman–Crippen MR) is 91.1 cm³/mol. The summed E-state index contributed by atoms with van der Waals surface area (Å²) in [6, 6.07) is 0.415. The fourth-order valence-electron chi connectivity index (χ4n) is 2.57. The van der Waals surface area contributed by atoms with Crippen LogP contribution in [0.2, 0.25) is 0 Å². The lowest BCUT2D eigenvalue weighted by molar-refractivity contribution is 0.0102. The highest BCUT2D eigenvalue weighted by molar-refractivity contribution is 6.29. The van der Waals surface area contributed by atoms with E-state index in [4.69, 9.17) is 16.3 Å². The van der Waals surface area contributed by atoms with E-state index < -0.39 is 5.60 Å². The van der Waals surface area contributed by atoms with Crippen molar-refractivity contribution in [1.82, 2.24) is 15.1 Å². The van der Waals surface area contributed by atoms with E-state index >= 15 is 0 Å². The van der Waals surface area contributed by atoms with Crippen LogP contribution < -0.4 is 5.32 Å². The Kier molecular flexibility index (Phi) is 7.49. The third-order valence-electron chi connectivity index (χ3n) is 3.69. The van der Waals surface area contributed by atoms with Crippen LogP contribution in [-0.2, 0) is 4.74 Å². The van der Waals surface area contributed by atoms with Gasteiger partial charge >= 0.3 is 6.09 Å². The summed E-state index contributed by atoms with van der Waals surface area (Å²) < 4.78 is 5.43. The quantitative estimate of drug-likeness (QED) is 0.841. The van der Waals surface area contributed by atoms with Crippen molar-refractivity contribution >= 4 is 17.7 Å². The average molecular weight is 332 g/mol. The summed E-state index contributed by atoms with van der Waals surface area (Å²) in [5.74, 6) is 0. The van der Waals surface area contributed by atoms with Gasteiger partial charge in [-0.1, -0.05) is 18.5 Å². The molecule has 5 nitrogen and oxygen atoms in total. The van der Waals surface area contributed by atoms with Gasteiger partial charge in [-0.15, -0.1) is 0 Å². The summed E-state index contributed by atoms with van der Waals surface area (Å²) in [6.07, 6.45) is 3.50. The zero-order valence-electron chi connectivity index (χ0n) is 14.5. The van der Waals surface area contributed by atoms with Crippen LogP contribution in [0.25, 0.3) is 0 Å². The van der Waals surface area contributed by atoms with Gasteiger partial charge < -0.3 is 15.0 Å². The molecule has 1 unspecified atom stereocenters. The fraction of sp³-hybridized carbons (Fsp3) is 0.812. The van der Waals surface area contributed by atoms with Crippen molar-refractivity contribution in [2.45, 2.75) is 52.2 Å². The molecule has 0 aliphatic carbocycles. The molecule has 0 aromatic heterocycles. The van der Waals surface area contributed by atoms with Crippen molar-refractivity contribution in [2.75, 3.05) is 33.2 Å². The molecule has 0 bridgehead atoms. The smallest absolute Gasteiger partial charge is 0.410 e. The summed E-state index contributed by atoms with van der Waals surface area (Å²) in [5.41, 5.74) is -0.439. The number of rotatable bonds is 5. The third-order valence-corrected chi connectivity index (χ3v) is 3.95. The molecule has 1 fully saturated rings. The lowest BCUT2D eigenvalue weighted by Gasteiger charge is -2.39. The van der Waals surface area contributed by atoms with Crippen molar-refractivity contribution in [1.29, 1.82) is 0 Å². The lowest BCUT2D eigenvalue weighted by Crippen LogP contribution is -2.52. The van der Waals surface area contributed by atoms with Crippen molar-refractivity contribution in [2.24, 2.45) is 0 Å². The summed E-state index contributed by atoms with van der Waals surface area (Å²) in [5, 5.41) is 3.80. The van der Waals surface area contributed by atoms with Gasteiger partial charge in [0.1, 0.15) is 5.60 Å². The first kappa shape index (κ1) is 19.1. The van der Waals surface area contributed by atoms with Crippen molar-refractivity contribution in [3.8, 4) is 0 Å². The predicted octanol–water partition coefficient (Wildman–Crippen LogP) is 3.01. The molecule has 0 aromatic carbocycles. The highest BCUT2D eigenvalue weighted by Gasteiger charge is 2.28. The van der Waals surface area contributed by atoms with Crippen LogP contribution in [0.15, 0.2) is 11.2 Å². The Hall–Kier alpha value is -0.940. The number of halogens is 1. The van der Waals surface area contributed by atoms with Gasteiger partial charge in [-0.05, 0) is 27.2 Å². The van der Waals surface area contributed by atoms with Crippen LogP contribution in [0.5, 0.6) is 0 Å². The molecule has 0 aromatic rings. The van der Waals surface area contributed by atoms with Gasteiger partial charge in [0.2, 0.25) is 0 Å². The number of nitrogens with one attached hydrogen (secondary N) is 1. The molecule has 0 radical (unpaired) electrons. The molecule has 1 N–H and O–H groups in total. The van der Waals surface area contributed by atoms with Gasteiger partial charge in [-0.3, -0.25) is 4.90 Å². The van der Waals surface area contributed by atoms with E-state index in [0.29, 0.717) is 19.1 Å². The standard InChI is InChI=1S/C16H30ClN3O2/c1-6-14(11-13(17)12-18-5)19-7-9-20(10-8-19)15(21)22-16(2,3)4/h12,14,18H,6-11H2,1-5H3/b13-12+. The van der Waals surface area contributed by atoms with Crippen LogP contribution in [0.1, 0.15) is 40.5 Å². The molecule has 1 heterocycles. The van der Waals surface area contributed by atoms with Gasteiger partial charge in [0.15, 0.2) is 0 Å². The maximum Gasteiger partial charge on any atom is 0.410 e. The number of hydrogen-bond donors (Lipinski definition) is 1. The number of piperazine rings is 1. The first-order chi connectivity index (χ1) is 10.3. The van der Waals surface area contributed by atoms with E-state index in [1.807, 2.05) is 34.0 Å². The molecule has 1 rings (SSSR count). The Bertz CT molecular complexity index is 385. The number of nitrogens with zero attached hydrogens (tertiary/aromatic N) is 2. The average Bonchev–Trinajstić information content (AvgIpc) is 2.43. The highest BCUT2D eigenvalue weighted by Crippen LogP contribution is 2.19. The van der Waals surface area contributed by atoms with E-state index in [2.05, 4.69) is 17.1 Å². The van der Waals surface area contributed by atoms with Crippen molar-refractivity contribution in [3.05, 3.63) is 11.2 Å². The molecule has 22 heavy (non-hydrogen) atoms. The fourth-order valence-corrected chi connectivity index (χ4v) is 2.86. The molecule has 128 valence electrons. The van der Waals surface area contributed by atoms with E-state index in [1.165, 1.54) is 0 Å². The Morgan fingerprint density at radius 3 is 2.36 bits per heavy atom. The first-order valence-electron chi connectivity index (χ1n) is 8.00. The minimum Gasteiger partial charge on any atom is -0.444 e. The van der Waals surface area contributed by atoms with Gasteiger partial charge in [0.25, 0.3) is 0 Å². The minimum atomic E-state index is -0.439. The van der Waals surface area contributed by atoms with Crippen LogP contribution in [0.4, 0.5) is 4.79 Å². The molecule has 0 saturated carbocycles. The second kappa shape index (κ2) is 8.63. The molecular formula is C16H30ClN3O2. The van der Waals surface area contributed by atoms with Gasteiger partial charge in [-0.2, -0.15) is 0 Å². The zero-order chi connectivity index (χ0) is 16.8. The maximum absolute atomic E-state index is 12.1. The second-order valence-electron chi connectivity index (χ2n) is 6.65. The minimum absolute atomic E-state index is 0.215. The van der Waals surface area contributed by atoms with E-state index in [9.17, 15) is 4.79 Å². The van der Waals surface area contributed by atoms with Crippen LogP contribution in [-0.4, -0.2) is 60.8 Å². The van der Waals surface area contributed by atoms with E-state index in [-0.39, 0.29) is 6.09 Å². The van der Waals surface area contributed by atoms with Crippen molar-refractivity contribution in [3.63, 3.8) is 0 Å². The van der Waals surface area contributed by atoms with Crippen molar-refractivity contribution < 1.29 is 9.53 Å². The molecule has 1 aliphatic rings. The summed E-state index contributed by atoms with van der Waals surface area (Å²) >= 11 is 6.21.